The van der Waals surface area contributed by atoms with Crippen molar-refractivity contribution >= 4 is 51.7 Å². The van der Waals surface area contributed by atoms with E-state index >= 15 is 0 Å². The van der Waals surface area contributed by atoms with Gasteiger partial charge >= 0.3 is 0 Å². The third-order valence-corrected chi connectivity index (χ3v) is 5.64. The van der Waals surface area contributed by atoms with Gasteiger partial charge in [-0.25, -0.2) is 0 Å². The zero-order valence-corrected chi connectivity index (χ0v) is 18.8. The average molecular weight is 459 g/mol. The molecule has 1 heterocycles. The van der Waals surface area contributed by atoms with Gasteiger partial charge in [-0.3, -0.25) is 9.59 Å². The van der Waals surface area contributed by atoms with Crippen molar-refractivity contribution in [2.75, 3.05) is 11.9 Å². The van der Waals surface area contributed by atoms with Crippen LogP contribution in [-0.2, 0) is 9.59 Å². The van der Waals surface area contributed by atoms with Crippen LogP contribution < -0.4 is 15.4 Å². The fourth-order valence-corrected chi connectivity index (χ4v) is 3.74. The number of anilines is 1. The fourth-order valence-electron chi connectivity index (χ4n) is 2.69. The standard InChI is InChI=1S/C22H23ClN4O3S/c1-3-12-30-18-10-8-17(9-11-18)24-21(29)19-13-20(28)25-22(31-19)27-26-14(2)15-4-6-16(23)7-5-15/h4-11,19H,3,12-13H2,1-2H3,(H,24,29)(H,25,27,28)/b26-14+/t19-/m0/s1. The minimum absolute atomic E-state index is 0.0626. The molecule has 7 nitrogen and oxygen atoms in total. The number of amidine groups is 1. The van der Waals surface area contributed by atoms with Crippen molar-refractivity contribution in [1.29, 1.82) is 0 Å². The number of halogens is 1. The molecule has 1 saturated heterocycles. The number of hydrogen-bond donors (Lipinski definition) is 2. The van der Waals surface area contributed by atoms with Crippen LogP contribution in [0.3, 0.4) is 0 Å². The van der Waals surface area contributed by atoms with E-state index in [0.29, 0.717) is 23.0 Å². The molecule has 2 amide bonds. The number of rotatable bonds is 7. The number of benzene rings is 2. The lowest BCUT2D eigenvalue weighted by atomic mass is 10.1. The van der Waals surface area contributed by atoms with E-state index in [2.05, 4.69) is 20.8 Å². The fraction of sp³-hybridized carbons (Fsp3) is 0.273. The van der Waals surface area contributed by atoms with Crippen LogP contribution in [0.15, 0.2) is 58.7 Å². The summed E-state index contributed by atoms with van der Waals surface area (Å²) in [5, 5.41) is 14.1. The van der Waals surface area contributed by atoms with Crippen molar-refractivity contribution in [2.24, 2.45) is 10.2 Å². The normalized spacial score (nSPS) is 17.9. The first kappa shape index (κ1) is 22.8. The average Bonchev–Trinajstić information content (AvgIpc) is 2.77. The molecule has 1 aliphatic heterocycles. The number of carbonyl (C=O) groups excluding carboxylic acids is 2. The highest BCUT2D eigenvalue weighted by Crippen LogP contribution is 2.23. The van der Waals surface area contributed by atoms with Crippen LogP contribution in [0.5, 0.6) is 5.75 Å². The maximum absolute atomic E-state index is 12.7. The summed E-state index contributed by atoms with van der Waals surface area (Å²) in [7, 11) is 0. The molecule has 0 unspecified atom stereocenters. The Morgan fingerprint density at radius 3 is 2.61 bits per heavy atom. The van der Waals surface area contributed by atoms with Crippen LogP contribution in [-0.4, -0.2) is 34.6 Å². The molecule has 1 fully saturated rings. The van der Waals surface area contributed by atoms with Crippen LogP contribution >= 0.6 is 23.4 Å². The summed E-state index contributed by atoms with van der Waals surface area (Å²) >= 11 is 7.07. The van der Waals surface area contributed by atoms with Gasteiger partial charge < -0.3 is 15.4 Å². The summed E-state index contributed by atoms with van der Waals surface area (Å²) in [4.78, 5) is 24.7. The Kier molecular flexibility index (Phi) is 8.08. The highest BCUT2D eigenvalue weighted by molar-refractivity contribution is 8.15. The Morgan fingerprint density at radius 2 is 1.94 bits per heavy atom. The van der Waals surface area contributed by atoms with Gasteiger partial charge in [-0.05, 0) is 55.3 Å². The molecule has 2 aromatic rings. The van der Waals surface area contributed by atoms with Crippen LogP contribution in [0, 0.1) is 0 Å². The zero-order chi connectivity index (χ0) is 22.2. The molecule has 0 aromatic heterocycles. The Morgan fingerprint density at radius 1 is 1.23 bits per heavy atom. The molecule has 31 heavy (non-hydrogen) atoms. The molecular formula is C22H23ClN4O3S. The van der Waals surface area contributed by atoms with Crippen molar-refractivity contribution in [2.45, 2.75) is 31.9 Å². The van der Waals surface area contributed by atoms with Gasteiger partial charge in [0.05, 0.1) is 12.3 Å². The Labute approximate surface area is 190 Å². The molecule has 1 atom stereocenters. The highest BCUT2D eigenvalue weighted by Gasteiger charge is 2.30. The van der Waals surface area contributed by atoms with E-state index in [-0.39, 0.29) is 23.4 Å². The van der Waals surface area contributed by atoms with E-state index in [1.54, 1.807) is 43.3 Å². The quantitative estimate of drug-likeness (QED) is 0.473. The number of nitrogens with one attached hydrogen (secondary N) is 2. The van der Waals surface area contributed by atoms with E-state index in [4.69, 9.17) is 16.3 Å². The summed E-state index contributed by atoms with van der Waals surface area (Å²) in [5.74, 6) is 0.197. The summed E-state index contributed by atoms with van der Waals surface area (Å²) in [6, 6.07) is 14.3. The maximum atomic E-state index is 12.7. The Bertz CT molecular complexity index is 991. The van der Waals surface area contributed by atoms with Crippen molar-refractivity contribution in [3.63, 3.8) is 0 Å². The maximum Gasteiger partial charge on any atom is 0.238 e. The predicted octanol–water partition coefficient (Wildman–Crippen LogP) is 4.47. The van der Waals surface area contributed by atoms with Gasteiger partial charge in [0.15, 0.2) is 5.17 Å². The zero-order valence-electron chi connectivity index (χ0n) is 17.2. The first-order chi connectivity index (χ1) is 14.9. The van der Waals surface area contributed by atoms with E-state index in [1.165, 1.54) is 11.8 Å². The first-order valence-electron chi connectivity index (χ1n) is 9.83. The van der Waals surface area contributed by atoms with E-state index < -0.39 is 5.25 Å². The van der Waals surface area contributed by atoms with Gasteiger partial charge in [-0.1, -0.05) is 42.4 Å². The second-order valence-electron chi connectivity index (χ2n) is 6.82. The lowest BCUT2D eigenvalue weighted by Gasteiger charge is -2.21. The molecule has 0 spiro atoms. The molecule has 0 saturated carbocycles. The Balaban J connectivity index is 1.63. The number of ether oxygens (including phenoxy) is 1. The van der Waals surface area contributed by atoms with E-state index in [9.17, 15) is 9.59 Å². The van der Waals surface area contributed by atoms with Crippen LogP contribution in [0.2, 0.25) is 5.02 Å². The van der Waals surface area contributed by atoms with Crippen molar-refractivity contribution in [1.82, 2.24) is 5.32 Å². The second-order valence-corrected chi connectivity index (χ2v) is 8.45. The topological polar surface area (TPSA) is 92.1 Å². The first-order valence-corrected chi connectivity index (χ1v) is 11.1. The minimum Gasteiger partial charge on any atom is -0.494 e. The van der Waals surface area contributed by atoms with Crippen molar-refractivity contribution in [3.05, 3.63) is 59.1 Å². The second kappa shape index (κ2) is 11.0. The van der Waals surface area contributed by atoms with E-state index in [1.807, 2.05) is 19.1 Å². The van der Waals surface area contributed by atoms with Gasteiger partial charge in [-0.15, -0.1) is 5.10 Å². The van der Waals surface area contributed by atoms with Gasteiger partial charge in [0, 0.05) is 17.1 Å². The number of thioether (sulfide) groups is 1. The smallest absolute Gasteiger partial charge is 0.238 e. The van der Waals surface area contributed by atoms with Gasteiger partial charge in [0.1, 0.15) is 11.0 Å². The molecule has 162 valence electrons. The number of nitrogens with zero attached hydrogens (tertiary/aromatic N) is 2. The molecule has 2 N–H and O–H groups in total. The largest absolute Gasteiger partial charge is 0.494 e. The van der Waals surface area contributed by atoms with Crippen LogP contribution in [0.1, 0.15) is 32.3 Å². The molecule has 0 aliphatic carbocycles. The third kappa shape index (κ3) is 6.83. The van der Waals surface area contributed by atoms with Crippen molar-refractivity contribution in [3.8, 4) is 5.75 Å². The lowest BCUT2D eigenvalue weighted by Crippen LogP contribution is -2.41. The Hall–Kier alpha value is -2.84. The third-order valence-electron chi connectivity index (χ3n) is 4.31. The SMILES string of the molecule is CCCOc1ccc(NC(=O)[C@@H]2CC(=O)N/C(=N\N=C(/C)c3ccc(Cl)cc3)S2)cc1. The molecule has 2 aromatic carbocycles. The number of carbonyl (C=O) groups is 2. The highest BCUT2D eigenvalue weighted by atomic mass is 35.5. The van der Waals surface area contributed by atoms with Crippen LogP contribution in [0.25, 0.3) is 0 Å². The lowest BCUT2D eigenvalue weighted by molar-refractivity contribution is -0.123. The predicted molar refractivity (Wildman–Crippen MR) is 126 cm³/mol. The van der Waals surface area contributed by atoms with Gasteiger partial charge in [-0.2, -0.15) is 5.10 Å². The van der Waals surface area contributed by atoms with Crippen LogP contribution in [0.4, 0.5) is 5.69 Å². The molecule has 3 rings (SSSR count). The van der Waals surface area contributed by atoms with Crippen molar-refractivity contribution < 1.29 is 14.3 Å². The van der Waals surface area contributed by atoms with E-state index in [0.717, 1.165) is 17.7 Å². The summed E-state index contributed by atoms with van der Waals surface area (Å²) in [6.07, 6.45) is 0.986. The number of amides is 2. The number of hydrogen-bond acceptors (Lipinski definition) is 6. The summed E-state index contributed by atoms with van der Waals surface area (Å²) in [6.45, 7) is 4.48. The van der Waals surface area contributed by atoms with Gasteiger partial charge in [0.25, 0.3) is 0 Å². The molecule has 0 radical (unpaired) electrons. The minimum atomic E-state index is -0.602. The van der Waals surface area contributed by atoms with Gasteiger partial charge in [0.2, 0.25) is 11.8 Å². The molecule has 0 bridgehead atoms. The molecule has 1 aliphatic rings. The molecule has 9 heteroatoms. The summed E-state index contributed by atoms with van der Waals surface area (Å²) in [5.41, 5.74) is 2.16. The molecular weight excluding hydrogens is 436 g/mol. The summed E-state index contributed by atoms with van der Waals surface area (Å²) < 4.78 is 5.54. The monoisotopic (exact) mass is 458 g/mol.